The first-order valence-electron chi connectivity index (χ1n) is 6.12. The number of thiazole rings is 1. The van der Waals surface area contributed by atoms with Crippen LogP contribution in [0.4, 0.5) is 10.1 Å². The highest BCUT2D eigenvalue weighted by atomic mass is 32.1. The van der Waals surface area contributed by atoms with E-state index in [-0.39, 0.29) is 11.4 Å². The number of fused-ring (bicyclic) bond motifs is 1. The minimum absolute atomic E-state index is 0.124. The summed E-state index contributed by atoms with van der Waals surface area (Å²) < 4.78 is 14.5. The highest BCUT2D eigenvalue weighted by Gasteiger charge is 2.10. The van der Waals surface area contributed by atoms with Gasteiger partial charge in [0, 0.05) is 0 Å². The average Bonchev–Trinajstić information content (AvgIpc) is 2.93. The number of para-hydroxylation sites is 2. The summed E-state index contributed by atoms with van der Waals surface area (Å²) >= 11 is 1.37. The Morgan fingerprint density at radius 2 is 1.95 bits per heavy atom. The van der Waals surface area contributed by atoms with Crippen molar-refractivity contribution in [2.24, 2.45) is 5.10 Å². The molecule has 1 heterocycles. The lowest BCUT2D eigenvalue weighted by Gasteiger charge is -2.01. The summed E-state index contributed by atoms with van der Waals surface area (Å²) in [5, 5.41) is 13.7. The number of rotatable bonds is 3. The molecule has 0 saturated carbocycles. The molecule has 0 radical (unpaired) electrons. The van der Waals surface area contributed by atoms with Gasteiger partial charge < -0.3 is 0 Å². The van der Waals surface area contributed by atoms with Crippen LogP contribution < -0.4 is 5.43 Å². The summed E-state index contributed by atoms with van der Waals surface area (Å²) in [5.74, 6) is -0.428. The van der Waals surface area contributed by atoms with E-state index in [4.69, 9.17) is 0 Å². The van der Waals surface area contributed by atoms with E-state index < -0.39 is 5.82 Å². The number of halogens is 1. The molecule has 0 aliphatic carbocycles. The summed E-state index contributed by atoms with van der Waals surface area (Å²) in [6.07, 6.45) is 0. The lowest BCUT2D eigenvalue weighted by Crippen LogP contribution is -2.02. The number of hydrazone groups is 1. The van der Waals surface area contributed by atoms with E-state index in [0.717, 1.165) is 10.2 Å². The normalized spacial score (nSPS) is 11.3. The maximum absolute atomic E-state index is 13.5. The Bertz CT molecular complexity index is 830. The van der Waals surface area contributed by atoms with Crippen LogP contribution in [0.25, 0.3) is 10.2 Å². The van der Waals surface area contributed by atoms with Gasteiger partial charge in [-0.05, 0) is 24.3 Å². The molecule has 0 aliphatic heterocycles. The second-order valence-electron chi connectivity index (χ2n) is 4.15. The number of nitrogens with one attached hydrogen (secondary N) is 1. The van der Waals surface area contributed by atoms with E-state index in [2.05, 4.69) is 15.5 Å². The zero-order valence-electron chi connectivity index (χ0n) is 10.7. The predicted octanol–water partition coefficient (Wildman–Crippen LogP) is 3.78. The van der Waals surface area contributed by atoms with Gasteiger partial charge in [-0.15, -0.1) is 11.3 Å². The van der Waals surface area contributed by atoms with Gasteiger partial charge in [-0.25, -0.2) is 9.37 Å². The van der Waals surface area contributed by atoms with Crippen molar-refractivity contribution in [1.29, 1.82) is 5.26 Å². The van der Waals surface area contributed by atoms with Gasteiger partial charge in [0.1, 0.15) is 11.9 Å². The zero-order chi connectivity index (χ0) is 14.7. The third-order valence-corrected chi connectivity index (χ3v) is 3.81. The zero-order valence-corrected chi connectivity index (χ0v) is 11.6. The Labute approximate surface area is 124 Å². The molecule has 0 spiro atoms. The van der Waals surface area contributed by atoms with Crippen LogP contribution in [0.3, 0.4) is 0 Å². The molecule has 0 amide bonds. The maximum atomic E-state index is 13.5. The summed E-state index contributed by atoms with van der Waals surface area (Å²) in [5.41, 5.74) is 3.71. The number of nitrogens with zero attached hydrogens (tertiary/aromatic N) is 3. The van der Waals surface area contributed by atoms with Gasteiger partial charge in [0.2, 0.25) is 0 Å². The molecule has 3 rings (SSSR count). The number of anilines is 1. The molecule has 102 valence electrons. The predicted molar refractivity (Wildman–Crippen MR) is 81.8 cm³/mol. The van der Waals surface area contributed by atoms with E-state index >= 15 is 0 Å². The molecule has 0 fully saturated rings. The van der Waals surface area contributed by atoms with Gasteiger partial charge in [-0.1, -0.05) is 24.3 Å². The molecule has 1 N–H and O–H groups in total. The Morgan fingerprint density at radius 1 is 1.19 bits per heavy atom. The van der Waals surface area contributed by atoms with Crippen molar-refractivity contribution < 1.29 is 4.39 Å². The van der Waals surface area contributed by atoms with Crippen molar-refractivity contribution in [3.05, 3.63) is 59.4 Å². The van der Waals surface area contributed by atoms with Crippen LogP contribution in [-0.4, -0.2) is 10.7 Å². The Hall–Kier alpha value is -2.78. The first-order valence-corrected chi connectivity index (χ1v) is 6.94. The van der Waals surface area contributed by atoms with Crippen LogP contribution in [0.5, 0.6) is 0 Å². The van der Waals surface area contributed by atoms with Gasteiger partial charge >= 0.3 is 0 Å². The molecule has 0 atom stereocenters. The Morgan fingerprint density at radius 3 is 2.71 bits per heavy atom. The van der Waals surface area contributed by atoms with Crippen LogP contribution >= 0.6 is 11.3 Å². The first-order chi connectivity index (χ1) is 10.3. The molecule has 21 heavy (non-hydrogen) atoms. The molecule has 4 nitrogen and oxygen atoms in total. The van der Waals surface area contributed by atoms with Gasteiger partial charge in [-0.2, -0.15) is 10.4 Å². The SMILES string of the molecule is N#C/C(=N\Nc1ccccc1F)c1nc2ccccc2s1. The lowest BCUT2D eigenvalue weighted by molar-refractivity contribution is 0.630. The molecule has 6 heteroatoms. The van der Waals surface area contributed by atoms with Crippen molar-refractivity contribution in [3.8, 4) is 6.07 Å². The van der Waals surface area contributed by atoms with E-state index in [9.17, 15) is 9.65 Å². The fourth-order valence-electron chi connectivity index (χ4n) is 1.76. The molecule has 3 aromatic rings. The number of hydrogen-bond acceptors (Lipinski definition) is 5. The summed E-state index contributed by atoms with van der Waals surface area (Å²) in [7, 11) is 0. The Balaban J connectivity index is 1.93. The van der Waals surface area contributed by atoms with Crippen molar-refractivity contribution in [2.45, 2.75) is 0 Å². The Kier molecular flexibility index (Phi) is 3.58. The maximum Gasteiger partial charge on any atom is 0.196 e. The molecular formula is C15H9FN4S. The quantitative estimate of drug-likeness (QED) is 0.591. The molecule has 0 saturated heterocycles. The van der Waals surface area contributed by atoms with Crippen molar-refractivity contribution in [2.75, 3.05) is 5.43 Å². The van der Waals surface area contributed by atoms with Crippen LogP contribution in [0, 0.1) is 17.1 Å². The summed E-state index contributed by atoms with van der Waals surface area (Å²) in [6.45, 7) is 0. The minimum Gasteiger partial charge on any atom is -0.274 e. The van der Waals surface area contributed by atoms with Gasteiger partial charge in [0.15, 0.2) is 10.7 Å². The van der Waals surface area contributed by atoms with Crippen LogP contribution in [0.15, 0.2) is 53.6 Å². The fraction of sp³-hybridized carbons (Fsp3) is 0. The number of nitriles is 1. The molecule has 1 aromatic heterocycles. The van der Waals surface area contributed by atoms with Crippen LogP contribution in [0.2, 0.25) is 0 Å². The van der Waals surface area contributed by atoms with Crippen LogP contribution in [0.1, 0.15) is 5.01 Å². The van der Waals surface area contributed by atoms with E-state index in [1.54, 1.807) is 18.2 Å². The second-order valence-corrected chi connectivity index (χ2v) is 5.18. The highest BCUT2D eigenvalue weighted by Crippen LogP contribution is 2.22. The van der Waals surface area contributed by atoms with Gasteiger partial charge in [0.25, 0.3) is 0 Å². The van der Waals surface area contributed by atoms with Gasteiger partial charge in [-0.3, -0.25) is 5.43 Å². The standard InChI is InChI=1S/C15H9FN4S/c16-10-5-1-2-6-11(10)19-20-13(9-17)15-18-12-7-3-4-8-14(12)21-15/h1-8,19H/b20-13+. The van der Waals surface area contributed by atoms with Crippen molar-refractivity contribution >= 4 is 33.0 Å². The van der Waals surface area contributed by atoms with Crippen LogP contribution in [-0.2, 0) is 0 Å². The van der Waals surface area contributed by atoms with E-state index in [1.807, 2.05) is 30.3 Å². The molecule has 2 aromatic carbocycles. The van der Waals surface area contributed by atoms with Crippen molar-refractivity contribution in [1.82, 2.24) is 4.98 Å². The summed E-state index contributed by atoms with van der Waals surface area (Å²) in [6, 6.07) is 15.7. The van der Waals surface area contributed by atoms with Gasteiger partial charge in [0.05, 0.1) is 15.9 Å². The second kappa shape index (κ2) is 5.69. The average molecular weight is 296 g/mol. The third-order valence-electron chi connectivity index (χ3n) is 2.76. The fourth-order valence-corrected chi connectivity index (χ4v) is 2.67. The third kappa shape index (κ3) is 2.73. The first kappa shape index (κ1) is 13.2. The monoisotopic (exact) mass is 296 g/mol. The molecular weight excluding hydrogens is 287 g/mol. The number of benzene rings is 2. The lowest BCUT2D eigenvalue weighted by atomic mass is 10.3. The van der Waals surface area contributed by atoms with Crippen molar-refractivity contribution in [3.63, 3.8) is 0 Å². The highest BCUT2D eigenvalue weighted by molar-refractivity contribution is 7.20. The molecule has 0 unspecified atom stereocenters. The molecule has 0 bridgehead atoms. The molecule has 0 aliphatic rings. The number of hydrogen-bond donors (Lipinski definition) is 1. The topological polar surface area (TPSA) is 61.1 Å². The largest absolute Gasteiger partial charge is 0.274 e. The minimum atomic E-state index is -0.428. The summed E-state index contributed by atoms with van der Waals surface area (Å²) in [4.78, 5) is 4.35. The number of aromatic nitrogens is 1. The van der Waals surface area contributed by atoms with E-state index in [0.29, 0.717) is 5.01 Å². The smallest absolute Gasteiger partial charge is 0.196 e. The van der Waals surface area contributed by atoms with E-state index in [1.165, 1.54) is 17.4 Å².